The molecular formula is C28H26ClNO5. The molecule has 1 atom stereocenters. The highest BCUT2D eigenvalue weighted by atomic mass is 35.5. The minimum atomic E-state index is -0.942. The number of aromatic hydroxyl groups is 1. The number of anilines is 1. The van der Waals surface area contributed by atoms with Gasteiger partial charge in [0.05, 0.1) is 23.7 Å². The summed E-state index contributed by atoms with van der Waals surface area (Å²) in [6, 6.07) is 14.4. The van der Waals surface area contributed by atoms with E-state index in [1.165, 1.54) is 17.0 Å². The Balaban J connectivity index is 1.97. The van der Waals surface area contributed by atoms with E-state index >= 15 is 0 Å². The minimum absolute atomic E-state index is 0.0519. The van der Waals surface area contributed by atoms with Gasteiger partial charge in [-0.3, -0.25) is 14.5 Å². The average molecular weight is 492 g/mol. The van der Waals surface area contributed by atoms with Gasteiger partial charge in [-0.25, -0.2) is 0 Å². The molecule has 7 heteroatoms. The zero-order chi connectivity index (χ0) is 25.4. The number of carbonyl (C=O) groups is 2. The summed E-state index contributed by atoms with van der Waals surface area (Å²) in [5.74, 6) is -1.32. The van der Waals surface area contributed by atoms with Crippen LogP contribution < -0.4 is 9.64 Å². The van der Waals surface area contributed by atoms with E-state index in [4.69, 9.17) is 16.3 Å². The van der Waals surface area contributed by atoms with Crippen molar-refractivity contribution >= 4 is 34.7 Å². The molecule has 2 N–H and O–H groups in total. The molecule has 0 bridgehead atoms. The lowest BCUT2D eigenvalue weighted by Crippen LogP contribution is -2.29. The van der Waals surface area contributed by atoms with E-state index < -0.39 is 17.7 Å². The molecule has 1 heterocycles. The molecule has 0 radical (unpaired) electrons. The SMILES string of the molecule is CCc1ccc(N2C(=O)C(=O)/C(=C(/O)c3cc(C)c(OC)cc3C)C2c2ccc(O)c(Cl)c2)cc1. The Morgan fingerprint density at radius 1 is 1.03 bits per heavy atom. The Labute approximate surface area is 209 Å². The van der Waals surface area contributed by atoms with E-state index in [2.05, 4.69) is 0 Å². The predicted octanol–water partition coefficient (Wildman–Crippen LogP) is 5.86. The van der Waals surface area contributed by atoms with Crippen LogP contribution in [0.5, 0.6) is 11.5 Å². The molecule has 1 amide bonds. The highest BCUT2D eigenvalue weighted by Gasteiger charge is 2.47. The third-order valence-corrected chi connectivity index (χ3v) is 6.65. The van der Waals surface area contributed by atoms with Crippen LogP contribution in [0.4, 0.5) is 5.69 Å². The quantitative estimate of drug-likeness (QED) is 0.265. The van der Waals surface area contributed by atoms with Gasteiger partial charge >= 0.3 is 0 Å². The van der Waals surface area contributed by atoms with Gasteiger partial charge in [0.2, 0.25) is 0 Å². The summed E-state index contributed by atoms with van der Waals surface area (Å²) in [5.41, 5.74) is 3.91. The van der Waals surface area contributed by atoms with Crippen LogP contribution in [0, 0.1) is 13.8 Å². The Morgan fingerprint density at radius 2 is 1.71 bits per heavy atom. The van der Waals surface area contributed by atoms with Crippen molar-refractivity contribution < 1.29 is 24.5 Å². The fourth-order valence-electron chi connectivity index (χ4n) is 4.41. The van der Waals surface area contributed by atoms with Gasteiger partial charge in [-0.15, -0.1) is 0 Å². The number of phenolic OH excluding ortho intramolecular Hbond substituents is 1. The topological polar surface area (TPSA) is 87.1 Å². The number of benzene rings is 3. The summed E-state index contributed by atoms with van der Waals surface area (Å²) in [4.78, 5) is 28.1. The molecule has 0 aromatic heterocycles. The molecule has 0 aliphatic carbocycles. The van der Waals surface area contributed by atoms with Gasteiger partial charge < -0.3 is 14.9 Å². The summed E-state index contributed by atoms with van der Waals surface area (Å²) < 4.78 is 5.37. The number of aryl methyl sites for hydroxylation is 3. The number of ether oxygens (including phenoxy) is 1. The average Bonchev–Trinajstić information content (AvgIpc) is 3.12. The van der Waals surface area contributed by atoms with Crippen LogP contribution in [0.2, 0.25) is 5.02 Å². The molecule has 3 aromatic rings. The highest BCUT2D eigenvalue weighted by molar-refractivity contribution is 6.51. The molecule has 0 spiro atoms. The van der Waals surface area contributed by atoms with Crippen molar-refractivity contribution in [1.82, 2.24) is 0 Å². The first-order valence-electron chi connectivity index (χ1n) is 11.2. The number of ketones is 1. The van der Waals surface area contributed by atoms with Gasteiger partial charge in [-0.05, 0) is 78.9 Å². The normalized spacial score (nSPS) is 17.2. The summed E-state index contributed by atoms with van der Waals surface area (Å²) in [6.07, 6.45) is 0.826. The third-order valence-electron chi connectivity index (χ3n) is 6.35. The van der Waals surface area contributed by atoms with Crippen LogP contribution >= 0.6 is 11.6 Å². The molecule has 35 heavy (non-hydrogen) atoms. The van der Waals surface area contributed by atoms with Crippen molar-refractivity contribution in [3.05, 3.63) is 93.0 Å². The van der Waals surface area contributed by atoms with Gasteiger partial charge in [0.15, 0.2) is 0 Å². The van der Waals surface area contributed by atoms with Crippen LogP contribution in [-0.4, -0.2) is 29.0 Å². The number of hydrogen-bond acceptors (Lipinski definition) is 5. The van der Waals surface area contributed by atoms with Gasteiger partial charge in [0.25, 0.3) is 11.7 Å². The van der Waals surface area contributed by atoms with Gasteiger partial charge in [0.1, 0.15) is 17.3 Å². The number of nitrogens with zero attached hydrogens (tertiary/aromatic N) is 1. The highest BCUT2D eigenvalue weighted by Crippen LogP contribution is 2.44. The first-order valence-corrected chi connectivity index (χ1v) is 11.6. The van der Waals surface area contributed by atoms with Crippen LogP contribution in [0.3, 0.4) is 0 Å². The van der Waals surface area contributed by atoms with Crippen LogP contribution in [0.1, 0.15) is 40.8 Å². The first kappa shape index (κ1) is 24.4. The number of aliphatic hydroxyl groups is 1. The second-order valence-electron chi connectivity index (χ2n) is 8.54. The first-order chi connectivity index (χ1) is 16.7. The Kier molecular flexibility index (Phi) is 6.59. The van der Waals surface area contributed by atoms with E-state index in [0.29, 0.717) is 28.1 Å². The van der Waals surface area contributed by atoms with Crippen molar-refractivity contribution in [2.45, 2.75) is 33.2 Å². The maximum Gasteiger partial charge on any atom is 0.300 e. The van der Waals surface area contributed by atoms with Crippen LogP contribution in [-0.2, 0) is 16.0 Å². The van der Waals surface area contributed by atoms with Crippen molar-refractivity contribution in [3.8, 4) is 11.5 Å². The fraction of sp³-hybridized carbons (Fsp3) is 0.214. The number of rotatable bonds is 5. The summed E-state index contributed by atoms with van der Waals surface area (Å²) in [5, 5.41) is 21.5. The largest absolute Gasteiger partial charge is 0.507 e. The number of carbonyl (C=O) groups excluding carboxylic acids is 2. The van der Waals surface area contributed by atoms with Crippen LogP contribution in [0.25, 0.3) is 5.76 Å². The van der Waals surface area contributed by atoms with Crippen LogP contribution in [0.15, 0.2) is 60.2 Å². The van der Waals surface area contributed by atoms with E-state index in [1.807, 2.05) is 26.0 Å². The lowest BCUT2D eigenvalue weighted by molar-refractivity contribution is -0.132. The number of aliphatic hydroxyl groups excluding tert-OH is 1. The molecular weight excluding hydrogens is 466 g/mol. The number of halogens is 1. The lowest BCUT2D eigenvalue weighted by atomic mass is 9.93. The molecule has 180 valence electrons. The maximum atomic E-state index is 13.4. The summed E-state index contributed by atoms with van der Waals surface area (Å²) in [6.45, 7) is 5.65. The van der Waals surface area contributed by atoms with Gasteiger partial charge in [-0.1, -0.05) is 36.7 Å². The number of amides is 1. The van der Waals surface area contributed by atoms with E-state index in [-0.39, 0.29) is 22.1 Å². The second-order valence-corrected chi connectivity index (χ2v) is 8.94. The Morgan fingerprint density at radius 3 is 2.31 bits per heavy atom. The molecule has 1 saturated heterocycles. The Hall–Kier alpha value is -3.77. The van der Waals surface area contributed by atoms with Gasteiger partial charge in [-0.2, -0.15) is 0 Å². The molecule has 4 rings (SSSR count). The summed E-state index contributed by atoms with van der Waals surface area (Å²) >= 11 is 6.19. The molecule has 3 aromatic carbocycles. The van der Waals surface area contributed by atoms with E-state index in [9.17, 15) is 19.8 Å². The fourth-order valence-corrected chi connectivity index (χ4v) is 4.60. The van der Waals surface area contributed by atoms with Crippen molar-refractivity contribution in [3.63, 3.8) is 0 Å². The molecule has 1 aliphatic rings. The smallest absolute Gasteiger partial charge is 0.300 e. The van der Waals surface area contributed by atoms with Gasteiger partial charge in [0, 0.05) is 11.3 Å². The van der Waals surface area contributed by atoms with Crippen molar-refractivity contribution in [1.29, 1.82) is 0 Å². The Bertz CT molecular complexity index is 1360. The van der Waals surface area contributed by atoms with Crippen molar-refractivity contribution in [2.24, 2.45) is 0 Å². The number of methoxy groups -OCH3 is 1. The standard InChI is InChI=1S/C28H26ClNO5/c1-5-17-6-9-19(10-7-17)30-25(18-8-11-22(31)21(29)14-18)24(27(33)28(30)34)26(32)20-12-16(3)23(35-4)13-15(20)2/h6-14,25,31-32H,5H2,1-4H3/b26-24+. The van der Waals surface area contributed by atoms with E-state index in [0.717, 1.165) is 17.5 Å². The predicted molar refractivity (Wildman–Crippen MR) is 136 cm³/mol. The third kappa shape index (κ3) is 4.26. The monoisotopic (exact) mass is 491 g/mol. The summed E-state index contributed by atoms with van der Waals surface area (Å²) in [7, 11) is 1.56. The molecule has 1 aliphatic heterocycles. The minimum Gasteiger partial charge on any atom is -0.507 e. The number of hydrogen-bond donors (Lipinski definition) is 2. The number of phenols is 1. The zero-order valence-corrected chi connectivity index (χ0v) is 20.7. The molecule has 1 unspecified atom stereocenters. The number of Topliss-reactive ketones (excluding diaryl/α,β-unsaturated/α-hetero) is 1. The molecule has 1 fully saturated rings. The molecule has 0 saturated carbocycles. The zero-order valence-electron chi connectivity index (χ0n) is 19.9. The maximum absolute atomic E-state index is 13.4. The second kappa shape index (κ2) is 9.47. The lowest BCUT2D eigenvalue weighted by Gasteiger charge is -2.26. The molecule has 6 nitrogen and oxygen atoms in total. The van der Waals surface area contributed by atoms with Crippen molar-refractivity contribution in [2.75, 3.05) is 12.0 Å². The van der Waals surface area contributed by atoms with E-state index in [1.54, 1.807) is 44.4 Å².